The maximum atomic E-state index is 12.7. The summed E-state index contributed by atoms with van der Waals surface area (Å²) in [6.45, 7) is 1.93. The zero-order chi connectivity index (χ0) is 38.2. The Hall–Kier alpha value is -4.46. The van der Waals surface area contributed by atoms with Gasteiger partial charge in [0.05, 0.1) is 18.2 Å². The number of alkyl halides is 6. The van der Waals surface area contributed by atoms with Gasteiger partial charge in [-0.05, 0) is 67.6 Å². The van der Waals surface area contributed by atoms with Crippen LogP contribution in [0.4, 0.5) is 26.3 Å². The van der Waals surface area contributed by atoms with E-state index in [4.69, 9.17) is 37.8 Å². The molecule has 2 unspecified atom stereocenters. The lowest BCUT2D eigenvalue weighted by molar-refractivity contribution is -0.149. The van der Waals surface area contributed by atoms with Gasteiger partial charge in [-0.1, -0.05) is 78.9 Å². The van der Waals surface area contributed by atoms with Crippen molar-refractivity contribution in [3.63, 3.8) is 0 Å². The molecule has 4 aromatic rings. The lowest BCUT2D eigenvalue weighted by Gasteiger charge is -2.18. The van der Waals surface area contributed by atoms with Crippen LogP contribution in [0.5, 0.6) is 11.5 Å². The van der Waals surface area contributed by atoms with E-state index in [1.165, 1.54) is 81.0 Å². The Balaban J connectivity index is 0.000000304. The van der Waals surface area contributed by atoms with Crippen molar-refractivity contribution in [1.29, 1.82) is 0 Å². The van der Waals surface area contributed by atoms with Crippen molar-refractivity contribution in [2.75, 3.05) is 13.7 Å². The molecule has 0 bridgehead atoms. The average Bonchev–Trinajstić information content (AvgIpc) is 3.97. The molecule has 0 saturated heterocycles. The molecule has 15 heteroatoms. The van der Waals surface area contributed by atoms with Crippen LogP contribution in [-0.2, 0) is 26.7 Å². The molecule has 2 atom stereocenters. The number of carboxylic acid groups (broad SMARTS) is 1. The monoisotopic (exact) mass is 762 g/mol. The molecule has 1 saturated carbocycles. The normalized spacial score (nSPS) is 12.9. The molecule has 7 nitrogen and oxygen atoms in total. The molecule has 276 valence electrons. The van der Waals surface area contributed by atoms with Gasteiger partial charge in [-0.2, -0.15) is 26.3 Å². The fourth-order valence-electron chi connectivity index (χ4n) is 3.66. The van der Waals surface area contributed by atoms with E-state index in [0.717, 1.165) is 30.3 Å². The minimum atomic E-state index is -4.53. The summed E-state index contributed by atoms with van der Waals surface area (Å²) in [6.07, 6.45) is -7.15. The first-order valence-corrected chi connectivity index (χ1v) is 15.9. The van der Waals surface area contributed by atoms with E-state index >= 15 is 0 Å². The van der Waals surface area contributed by atoms with Crippen LogP contribution in [0, 0.1) is 0 Å². The standard InChI is InChI=1S/C16H12ClF3O3.C15H10ClF3O3.C3H6.C2H6O/c1-22-15(21)14(10-5-7-12(17)8-6-10)23-13-4-2-3-11(9-13)16(18,19)20;16-11-6-4-9(5-7-11)13(14(20)21)22-12-3-1-2-10(8-12)15(17,18)19;1-2-3-1;1-2-3/h2-9,14H,1H3;1-8,13H,(H,20,21);1-3H2;3H,2H2,1H3. The van der Waals surface area contributed by atoms with Crippen molar-refractivity contribution in [2.45, 2.75) is 50.7 Å². The quantitative estimate of drug-likeness (QED) is 0.136. The minimum absolute atomic E-state index is 0.0924. The number of carbonyl (C=O) groups is 2. The van der Waals surface area contributed by atoms with E-state index in [-0.39, 0.29) is 23.7 Å². The third-order valence-corrected chi connectivity index (χ3v) is 6.67. The highest BCUT2D eigenvalue weighted by Crippen LogP contribution is 2.34. The van der Waals surface area contributed by atoms with Gasteiger partial charge >= 0.3 is 24.3 Å². The van der Waals surface area contributed by atoms with E-state index in [1.54, 1.807) is 19.1 Å². The Bertz CT molecular complexity index is 1660. The highest BCUT2D eigenvalue weighted by atomic mass is 35.5. The molecule has 0 spiro atoms. The summed E-state index contributed by atoms with van der Waals surface area (Å²) < 4.78 is 91.4. The molecule has 1 aliphatic rings. The number of aliphatic carboxylic acids is 1. The molecule has 0 amide bonds. The number of hydrogen-bond acceptors (Lipinski definition) is 6. The number of carbonyl (C=O) groups excluding carboxylic acids is 1. The maximum Gasteiger partial charge on any atom is 0.416 e. The average molecular weight is 764 g/mol. The SMILES string of the molecule is C1CC1.CCO.COC(=O)C(Oc1cccc(C(F)(F)F)c1)c1ccc(Cl)cc1.O=C(O)C(Oc1cccc(C(F)(F)F)c1)c1ccc(Cl)cc1. The zero-order valence-electron chi connectivity index (χ0n) is 27.2. The van der Waals surface area contributed by atoms with Gasteiger partial charge in [-0.15, -0.1) is 0 Å². The summed E-state index contributed by atoms with van der Waals surface area (Å²) in [5.74, 6) is -2.33. The van der Waals surface area contributed by atoms with Crippen molar-refractivity contribution in [3.8, 4) is 11.5 Å². The minimum Gasteiger partial charge on any atom is -0.478 e. The van der Waals surface area contributed by atoms with Gasteiger partial charge in [0, 0.05) is 27.8 Å². The van der Waals surface area contributed by atoms with Gasteiger partial charge in [-0.25, -0.2) is 9.59 Å². The molecule has 2 N–H and O–H groups in total. The third kappa shape index (κ3) is 15.5. The summed E-state index contributed by atoms with van der Waals surface area (Å²) >= 11 is 11.5. The third-order valence-electron chi connectivity index (χ3n) is 6.17. The van der Waals surface area contributed by atoms with E-state index in [2.05, 4.69) is 4.74 Å². The summed E-state index contributed by atoms with van der Waals surface area (Å²) in [5.41, 5.74) is -1.09. The largest absolute Gasteiger partial charge is 0.478 e. The molecule has 0 radical (unpaired) electrons. The lowest BCUT2D eigenvalue weighted by atomic mass is 10.1. The number of carboxylic acids is 1. The Morgan fingerprint density at radius 1 is 0.686 bits per heavy atom. The van der Waals surface area contributed by atoms with Crippen LogP contribution in [0.15, 0.2) is 97.1 Å². The molecule has 0 aliphatic heterocycles. The van der Waals surface area contributed by atoms with E-state index in [9.17, 15) is 41.0 Å². The Morgan fingerprint density at radius 2 is 1.04 bits per heavy atom. The molecule has 5 rings (SSSR count). The van der Waals surface area contributed by atoms with Gasteiger partial charge in [0.1, 0.15) is 11.5 Å². The smallest absolute Gasteiger partial charge is 0.416 e. The van der Waals surface area contributed by atoms with Gasteiger partial charge in [0.2, 0.25) is 12.2 Å². The second-order valence-corrected chi connectivity index (χ2v) is 11.3. The highest BCUT2D eigenvalue weighted by molar-refractivity contribution is 6.30. The number of rotatable bonds is 8. The Morgan fingerprint density at radius 3 is 1.35 bits per heavy atom. The first-order chi connectivity index (χ1) is 24.0. The Kier molecular flexibility index (Phi) is 17.1. The number of halogens is 8. The highest BCUT2D eigenvalue weighted by Gasteiger charge is 2.32. The van der Waals surface area contributed by atoms with E-state index in [0.29, 0.717) is 15.6 Å². The molecular formula is C36H34Cl2F6O7. The topological polar surface area (TPSA) is 102 Å². The number of hydrogen-bond donors (Lipinski definition) is 2. The summed E-state index contributed by atoms with van der Waals surface area (Å²) in [4.78, 5) is 23.2. The van der Waals surface area contributed by atoms with Crippen molar-refractivity contribution >= 4 is 35.1 Å². The van der Waals surface area contributed by atoms with Gasteiger partial charge in [0.15, 0.2) is 0 Å². The molecule has 0 aromatic heterocycles. The molecule has 4 aromatic carbocycles. The number of methoxy groups -OCH3 is 1. The summed E-state index contributed by atoms with van der Waals surface area (Å²) in [7, 11) is 1.17. The van der Waals surface area contributed by atoms with Crippen LogP contribution in [0.25, 0.3) is 0 Å². The van der Waals surface area contributed by atoms with Crippen molar-refractivity contribution in [2.24, 2.45) is 0 Å². The number of ether oxygens (including phenoxy) is 3. The second-order valence-electron chi connectivity index (χ2n) is 10.4. The van der Waals surface area contributed by atoms with Crippen molar-refractivity contribution in [3.05, 3.63) is 129 Å². The maximum absolute atomic E-state index is 12.7. The van der Waals surface area contributed by atoms with Gasteiger partial charge < -0.3 is 24.4 Å². The van der Waals surface area contributed by atoms with Crippen LogP contribution in [0.2, 0.25) is 10.0 Å². The number of benzene rings is 4. The van der Waals surface area contributed by atoms with E-state index < -0.39 is 47.6 Å². The first kappa shape index (κ1) is 42.7. The summed E-state index contributed by atoms with van der Waals surface area (Å²) in [6, 6.07) is 20.3. The van der Waals surface area contributed by atoms with E-state index in [1.807, 2.05) is 0 Å². The fraction of sp³-hybridized carbons (Fsp3) is 0.278. The number of esters is 1. The van der Waals surface area contributed by atoms with Crippen LogP contribution < -0.4 is 9.47 Å². The molecule has 1 fully saturated rings. The molecule has 51 heavy (non-hydrogen) atoms. The number of aliphatic hydroxyl groups excluding tert-OH is 1. The molecular weight excluding hydrogens is 729 g/mol. The zero-order valence-corrected chi connectivity index (χ0v) is 28.7. The van der Waals surface area contributed by atoms with Crippen LogP contribution >= 0.6 is 23.2 Å². The van der Waals surface area contributed by atoms with Crippen molar-refractivity contribution < 1.29 is 60.4 Å². The lowest BCUT2D eigenvalue weighted by Crippen LogP contribution is -2.20. The van der Waals surface area contributed by atoms with Crippen LogP contribution in [0.1, 0.15) is 60.6 Å². The van der Waals surface area contributed by atoms with Crippen LogP contribution in [0.3, 0.4) is 0 Å². The fourth-order valence-corrected chi connectivity index (χ4v) is 3.91. The molecule has 0 heterocycles. The first-order valence-electron chi connectivity index (χ1n) is 15.1. The predicted octanol–water partition coefficient (Wildman–Crippen LogP) is 10.4. The van der Waals surface area contributed by atoms with Gasteiger partial charge in [-0.3, -0.25) is 0 Å². The van der Waals surface area contributed by atoms with Gasteiger partial charge in [0.25, 0.3) is 0 Å². The summed E-state index contributed by atoms with van der Waals surface area (Å²) in [5, 5.41) is 17.6. The van der Waals surface area contributed by atoms with Crippen molar-refractivity contribution in [1.82, 2.24) is 0 Å². The Labute approximate surface area is 300 Å². The molecule has 1 aliphatic carbocycles. The van der Waals surface area contributed by atoms with Crippen LogP contribution in [-0.4, -0.2) is 35.9 Å². The predicted molar refractivity (Wildman–Crippen MR) is 179 cm³/mol. The number of aliphatic hydroxyl groups is 1. The second kappa shape index (κ2) is 20.4.